The summed E-state index contributed by atoms with van der Waals surface area (Å²) in [5.74, 6) is 0.963. The highest BCUT2D eigenvalue weighted by molar-refractivity contribution is 9.10. The molecule has 1 unspecified atom stereocenters. The molecule has 3 nitrogen and oxygen atoms in total. The lowest BCUT2D eigenvalue weighted by Gasteiger charge is -2.23. The molecule has 0 saturated carbocycles. The third-order valence-corrected chi connectivity index (χ3v) is 3.47. The second-order valence-electron chi connectivity index (χ2n) is 5.07. The van der Waals surface area contributed by atoms with Gasteiger partial charge >= 0.3 is 0 Å². The Bertz CT molecular complexity index is 382. The van der Waals surface area contributed by atoms with Gasteiger partial charge in [0.15, 0.2) is 0 Å². The zero-order chi connectivity index (χ0) is 14.3. The SMILES string of the molecule is CCCNC(Cc1cc(Br)ccc1OC)CN(C)C. The third-order valence-electron chi connectivity index (χ3n) is 2.98. The molecule has 1 rings (SSSR count). The number of hydrogen-bond donors (Lipinski definition) is 1. The van der Waals surface area contributed by atoms with Crippen molar-refractivity contribution in [2.45, 2.75) is 25.8 Å². The number of methoxy groups -OCH3 is 1. The lowest BCUT2D eigenvalue weighted by Crippen LogP contribution is -2.40. The zero-order valence-electron chi connectivity index (χ0n) is 12.4. The minimum Gasteiger partial charge on any atom is -0.496 e. The summed E-state index contributed by atoms with van der Waals surface area (Å²) in [6.45, 7) is 4.27. The van der Waals surface area contributed by atoms with E-state index in [1.54, 1.807) is 7.11 Å². The molecule has 4 heteroatoms. The summed E-state index contributed by atoms with van der Waals surface area (Å²) in [6.07, 6.45) is 2.13. The predicted octanol–water partition coefficient (Wildman–Crippen LogP) is 2.93. The summed E-state index contributed by atoms with van der Waals surface area (Å²) >= 11 is 3.53. The first-order chi connectivity index (χ1) is 9.06. The van der Waals surface area contributed by atoms with Gasteiger partial charge in [0.1, 0.15) is 5.75 Å². The van der Waals surface area contributed by atoms with E-state index < -0.39 is 0 Å². The van der Waals surface area contributed by atoms with E-state index in [4.69, 9.17) is 4.74 Å². The number of nitrogens with zero attached hydrogens (tertiary/aromatic N) is 1. The Morgan fingerprint density at radius 1 is 1.37 bits per heavy atom. The van der Waals surface area contributed by atoms with Crippen molar-refractivity contribution in [2.24, 2.45) is 0 Å². The van der Waals surface area contributed by atoms with E-state index in [9.17, 15) is 0 Å². The van der Waals surface area contributed by atoms with Crippen molar-refractivity contribution < 1.29 is 4.74 Å². The van der Waals surface area contributed by atoms with Gasteiger partial charge in [0.05, 0.1) is 7.11 Å². The van der Waals surface area contributed by atoms with Crippen LogP contribution in [-0.4, -0.2) is 45.2 Å². The molecule has 0 aromatic heterocycles. The largest absolute Gasteiger partial charge is 0.496 e. The first kappa shape index (κ1) is 16.5. The van der Waals surface area contributed by atoms with Gasteiger partial charge in [-0.15, -0.1) is 0 Å². The van der Waals surface area contributed by atoms with E-state index in [2.05, 4.69) is 53.2 Å². The summed E-state index contributed by atoms with van der Waals surface area (Å²) in [4.78, 5) is 2.22. The Hall–Kier alpha value is -0.580. The molecule has 1 N–H and O–H groups in total. The van der Waals surface area contributed by atoms with Crippen LogP contribution in [0.3, 0.4) is 0 Å². The van der Waals surface area contributed by atoms with Gasteiger partial charge in [-0.3, -0.25) is 0 Å². The Balaban J connectivity index is 2.78. The smallest absolute Gasteiger partial charge is 0.122 e. The normalized spacial score (nSPS) is 12.7. The van der Waals surface area contributed by atoms with Gasteiger partial charge < -0.3 is 15.0 Å². The van der Waals surface area contributed by atoms with Crippen LogP contribution in [0, 0.1) is 0 Å². The van der Waals surface area contributed by atoms with Crippen molar-refractivity contribution in [3.8, 4) is 5.75 Å². The van der Waals surface area contributed by atoms with Gasteiger partial charge in [-0.25, -0.2) is 0 Å². The van der Waals surface area contributed by atoms with Crippen LogP contribution in [0.25, 0.3) is 0 Å². The molecule has 108 valence electrons. The summed E-state index contributed by atoms with van der Waals surface area (Å²) in [5, 5.41) is 3.61. The number of nitrogens with one attached hydrogen (secondary N) is 1. The molecule has 0 amide bonds. The molecular formula is C15H25BrN2O. The van der Waals surface area contributed by atoms with E-state index in [0.717, 1.165) is 36.2 Å². The maximum absolute atomic E-state index is 5.45. The Morgan fingerprint density at radius 2 is 2.11 bits per heavy atom. The van der Waals surface area contributed by atoms with E-state index >= 15 is 0 Å². The molecule has 19 heavy (non-hydrogen) atoms. The van der Waals surface area contributed by atoms with Crippen LogP contribution in [0.2, 0.25) is 0 Å². The molecule has 0 radical (unpaired) electrons. The Labute approximate surface area is 125 Å². The van der Waals surface area contributed by atoms with Gasteiger partial charge in [-0.05, 0) is 57.2 Å². The molecule has 0 fully saturated rings. The van der Waals surface area contributed by atoms with Crippen LogP contribution < -0.4 is 10.1 Å². The minimum absolute atomic E-state index is 0.443. The van der Waals surface area contributed by atoms with Gasteiger partial charge in [0.25, 0.3) is 0 Å². The highest BCUT2D eigenvalue weighted by atomic mass is 79.9. The number of benzene rings is 1. The number of ether oxygens (including phenoxy) is 1. The van der Waals surface area contributed by atoms with Crippen molar-refractivity contribution in [1.82, 2.24) is 10.2 Å². The average Bonchev–Trinajstić information content (AvgIpc) is 2.35. The minimum atomic E-state index is 0.443. The third kappa shape index (κ3) is 5.93. The van der Waals surface area contributed by atoms with E-state index in [1.165, 1.54) is 5.56 Å². The monoisotopic (exact) mass is 328 g/mol. The van der Waals surface area contributed by atoms with Gasteiger partial charge in [-0.1, -0.05) is 22.9 Å². The zero-order valence-corrected chi connectivity index (χ0v) is 14.0. The molecule has 0 saturated heterocycles. The topological polar surface area (TPSA) is 24.5 Å². The average molecular weight is 329 g/mol. The van der Waals surface area contributed by atoms with Crippen LogP contribution in [-0.2, 0) is 6.42 Å². The van der Waals surface area contributed by atoms with Crippen LogP contribution in [0.4, 0.5) is 0 Å². The fraction of sp³-hybridized carbons (Fsp3) is 0.600. The molecule has 0 aliphatic carbocycles. The van der Waals surface area contributed by atoms with E-state index in [1.807, 2.05) is 12.1 Å². The summed E-state index contributed by atoms with van der Waals surface area (Å²) in [5.41, 5.74) is 1.24. The number of likely N-dealkylation sites (N-methyl/N-ethyl adjacent to an activating group) is 1. The Kier molecular flexibility index (Phi) is 7.42. The van der Waals surface area contributed by atoms with Gasteiger partial charge in [0, 0.05) is 17.1 Å². The maximum Gasteiger partial charge on any atom is 0.122 e. The second-order valence-corrected chi connectivity index (χ2v) is 5.99. The van der Waals surface area contributed by atoms with Crippen molar-refractivity contribution in [3.05, 3.63) is 28.2 Å². The summed E-state index contributed by atoms with van der Waals surface area (Å²) < 4.78 is 6.55. The number of hydrogen-bond acceptors (Lipinski definition) is 3. The standard InChI is InChI=1S/C15H25BrN2O/c1-5-8-17-14(11-18(2)3)10-12-9-13(16)6-7-15(12)19-4/h6-7,9,14,17H,5,8,10-11H2,1-4H3. The lowest BCUT2D eigenvalue weighted by atomic mass is 10.0. The quantitative estimate of drug-likeness (QED) is 0.794. The number of halogens is 1. The van der Waals surface area contributed by atoms with Crippen LogP contribution in [0.5, 0.6) is 5.75 Å². The van der Waals surface area contributed by atoms with Crippen molar-refractivity contribution >= 4 is 15.9 Å². The molecular weight excluding hydrogens is 304 g/mol. The van der Waals surface area contributed by atoms with Crippen LogP contribution in [0.15, 0.2) is 22.7 Å². The Morgan fingerprint density at radius 3 is 2.68 bits per heavy atom. The fourth-order valence-corrected chi connectivity index (χ4v) is 2.57. The second kappa shape index (κ2) is 8.56. The molecule has 1 aromatic carbocycles. The lowest BCUT2D eigenvalue weighted by molar-refractivity contribution is 0.332. The first-order valence-electron chi connectivity index (χ1n) is 6.77. The summed E-state index contributed by atoms with van der Waals surface area (Å²) in [7, 11) is 5.95. The molecule has 0 bridgehead atoms. The molecule has 0 aliphatic rings. The fourth-order valence-electron chi connectivity index (χ4n) is 2.16. The van der Waals surface area contributed by atoms with Crippen molar-refractivity contribution in [3.63, 3.8) is 0 Å². The van der Waals surface area contributed by atoms with Crippen LogP contribution >= 0.6 is 15.9 Å². The molecule has 0 heterocycles. The maximum atomic E-state index is 5.45. The highest BCUT2D eigenvalue weighted by Crippen LogP contribution is 2.24. The number of rotatable bonds is 8. The molecule has 1 atom stereocenters. The van der Waals surface area contributed by atoms with Gasteiger partial charge in [-0.2, -0.15) is 0 Å². The first-order valence-corrected chi connectivity index (χ1v) is 7.56. The summed E-state index contributed by atoms with van der Waals surface area (Å²) in [6, 6.07) is 6.63. The highest BCUT2D eigenvalue weighted by Gasteiger charge is 2.13. The molecule has 0 aliphatic heterocycles. The van der Waals surface area contributed by atoms with Gasteiger partial charge in [0.2, 0.25) is 0 Å². The molecule has 1 aromatic rings. The van der Waals surface area contributed by atoms with E-state index in [-0.39, 0.29) is 0 Å². The van der Waals surface area contributed by atoms with Crippen molar-refractivity contribution in [2.75, 3.05) is 34.3 Å². The van der Waals surface area contributed by atoms with Crippen LogP contribution in [0.1, 0.15) is 18.9 Å². The predicted molar refractivity (Wildman–Crippen MR) is 85.0 cm³/mol. The van der Waals surface area contributed by atoms with Crippen molar-refractivity contribution in [1.29, 1.82) is 0 Å². The van der Waals surface area contributed by atoms with E-state index in [0.29, 0.717) is 6.04 Å². The molecule has 0 spiro atoms.